The topological polar surface area (TPSA) is 90.0 Å². The monoisotopic (exact) mass is 491 g/mol. The van der Waals surface area contributed by atoms with Crippen LogP contribution in [-0.2, 0) is 22.5 Å². The Morgan fingerprint density at radius 2 is 1.78 bits per heavy atom. The number of nitrogens with zero attached hydrogens (tertiary/aromatic N) is 2. The minimum absolute atomic E-state index is 0.321. The third-order valence-electron chi connectivity index (χ3n) is 6.54. The van der Waals surface area contributed by atoms with E-state index in [4.69, 9.17) is 19.2 Å². The number of benzene rings is 2. The number of methoxy groups -OCH3 is 2. The van der Waals surface area contributed by atoms with Crippen LogP contribution in [0.25, 0.3) is 10.9 Å². The van der Waals surface area contributed by atoms with Gasteiger partial charge >= 0.3 is 5.97 Å². The molecule has 0 fully saturated rings. The molecule has 1 aliphatic rings. The van der Waals surface area contributed by atoms with Crippen molar-refractivity contribution in [3.63, 3.8) is 0 Å². The van der Waals surface area contributed by atoms with Gasteiger partial charge in [0.05, 0.1) is 25.3 Å². The molecule has 190 valence electrons. The molecule has 1 atom stereocenters. The van der Waals surface area contributed by atoms with Crippen molar-refractivity contribution < 1.29 is 23.8 Å². The summed E-state index contributed by atoms with van der Waals surface area (Å²) in [6.45, 7) is 7.59. The summed E-state index contributed by atoms with van der Waals surface area (Å²) in [4.78, 5) is 33.9. The first-order valence-electron chi connectivity index (χ1n) is 12.2. The molecule has 0 saturated carbocycles. The lowest BCUT2D eigenvalue weighted by Gasteiger charge is -2.32. The summed E-state index contributed by atoms with van der Waals surface area (Å²) in [6, 6.07) is 13.0. The number of esters is 1. The summed E-state index contributed by atoms with van der Waals surface area (Å²) in [6.07, 6.45) is 0.109. The summed E-state index contributed by atoms with van der Waals surface area (Å²) in [5.74, 6) is 0.149. The first-order valence-corrected chi connectivity index (χ1v) is 12.2. The molecule has 0 aliphatic carbocycles. The van der Waals surface area contributed by atoms with Gasteiger partial charge < -0.3 is 19.5 Å². The molecule has 8 nitrogen and oxygen atoms in total. The van der Waals surface area contributed by atoms with Crippen molar-refractivity contribution in [3.8, 4) is 11.5 Å². The van der Waals surface area contributed by atoms with Crippen LogP contribution in [-0.4, -0.2) is 54.7 Å². The lowest BCUT2D eigenvalue weighted by atomic mass is 9.95. The fourth-order valence-corrected chi connectivity index (χ4v) is 4.50. The molecule has 2 aromatic carbocycles. The van der Waals surface area contributed by atoms with Gasteiger partial charge in [-0.3, -0.25) is 14.7 Å². The molecule has 0 bridgehead atoms. The number of fused-ring (bicyclic) bond motifs is 2. The lowest BCUT2D eigenvalue weighted by molar-refractivity contribution is -0.124. The Hall–Kier alpha value is -3.65. The van der Waals surface area contributed by atoms with Crippen molar-refractivity contribution >= 4 is 28.5 Å². The molecule has 0 saturated heterocycles. The number of pyridine rings is 1. The maximum Gasteiger partial charge on any atom is 0.340 e. The summed E-state index contributed by atoms with van der Waals surface area (Å²) in [5.41, 5.74) is 3.53. The highest BCUT2D eigenvalue weighted by Crippen LogP contribution is 2.30. The normalized spacial score (nSPS) is 14.3. The Balaban J connectivity index is 1.63. The van der Waals surface area contributed by atoms with E-state index >= 15 is 0 Å². The van der Waals surface area contributed by atoms with Crippen LogP contribution in [0.5, 0.6) is 11.5 Å². The molecule has 1 aromatic heterocycles. The fourth-order valence-electron chi connectivity index (χ4n) is 4.50. The smallest absolute Gasteiger partial charge is 0.340 e. The highest BCUT2D eigenvalue weighted by molar-refractivity contribution is 6.06. The number of nitrogens with one attached hydrogen (secondary N) is 1. The fraction of sp³-hybridized carbons (Fsp3) is 0.393. The number of carbonyl (C=O) groups excluding carboxylic acids is 2. The number of hydrogen-bond donors (Lipinski definition) is 1. The number of amides is 1. The van der Waals surface area contributed by atoms with Crippen LogP contribution >= 0.6 is 0 Å². The average Bonchev–Trinajstić information content (AvgIpc) is 2.89. The SMILES string of the molecule is CCC(OC(=O)c1c2c(nc3ccccc13)CCN(C(C)C)C2)C(=O)Nc1cc(OC)cc(OC)c1. The van der Waals surface area contributed by atoms with E-state index in [1.54, 1.807) is 18.2 Å². The van der Waals surface area contributed by atoms with Crippen molar-refractivity contribution in [2.75, 3.05) is 26.1 Å². The molecule has 36 heavy (non-hydrogen) atoms. The van der Waals surface area contributed by atoms with Gasteiger partial charge in [-0.05, 0) is 26.3 Å². The molecule has 4 rings (SSSR count). The van der Waals surface area contributed by atoms with Crippen LogP contribution in [0.4, 0.5) is 5.69 Å². The number of ether oxygens (including phenoxy) is 3. The number of hydrogen-bond acceptors (Lipinski definition) is 7. The van der Waals surface area contributed by atoms with Gasteiger partial charge in [-0.2, -0.15) is 0 Å². The number of aromatic nitrogens is 1. The molecule has 2 heterocycles. The zero-order valence-corrected chi connectivity index (χ0v) is 21.5. The van der Waals surface area contributed by atoms with E-state index < -0.39 is 18.0 Å². The average molecular weight is 492 g/mol. The largest absolute Gasteiger partial charge is 0.497 e. The van der Waals surface area contributed by atoms with Gasteiger partial charge in [0.2, 0.25) is 0 Å². The second-order valence-electron chi connectivity index (χ2n) is 9.14. The highest BCUT2D eigenvalue weighted by Gasteiger charge is 2.30. The van der Waals surface area contributed by atoms with Crippen LogP contribution in [0, 0.1) is 0 Å². The third kappa shape index (κ3) is 5.28. The Morgan fingerprint density at radius 1 is 1.08 bits per heavy atom. The predicted octanol–water partition coefficient (Wildman–Crippen LogP) is 4.59. The van der Waals surface area contributed by atoms with E-state index in [0.29, 0.717) is 41.8 Å². The van der Waals surface area contributed by atoms with Crippen molar-refractivity contribution in [2.45, 2.75) is 52.3 Å². The van der Waals surface area contributed by atoms with E-state index in [2.05, 4.69) is 24.1 Å². The Morgan fingerprint density at radius 3 is 2.42 bits per heavy atom. The minimum Gasteiger partial charge on any atom is -0.497 e. The van der Waals surface area contributed by atoms with Crippen molar-refractivity contribution in [1.82, 2.24) is 9.88 Å². The van der Waals surface area contributed by atoms with Gasteiger partial charge in [0.25, 0.3) is 5.91 Å². The van der Waals surface area contributed by atoms with E-state index in [1.165, 1.54) is 14.2 Å². The van der Waals surface area contributed by atoms with Crippen LogP contribution in [0.15, 0.2) is 42.5 Å². The maximum absolute atomic E-state index is 13.6. The number of rotatable bonds is 8. The van der Waals surface area contributed by atoms with Crippen molar-refractivity contribution in [2.24, 2.45) is 0 Å². The van der Waals surface area contributed by atoms with Gasteiger partial charge in [-0.15, -0.1) is 0 Å². The van der Waals surface area contributed by atoms with Gasteiger partial charge in [0, 0.05) is 66.1 Å². The second-order valence-corrected chi connectivity index (χ2v) is 9.14. The molecular formula is C28H33N3O5. The van der Waals surface area contributed by atoms with Crippen molar-refractivity contribution in [3.05, 3.63) is 59.3 Å². The summed E-state index contributed by atoms with van der Waals surface area (Å²) in [7, 11) is 3.08. The quantitative estimate of drug-likeness (QED) is 0.461. The van der Waals surface area contributed by atoms with Crippen molar-refractivity contribution in [1.29, 1.82) is 0 Å². The van der Waals surface area contributed by atoms with Gasteiger partial charge in [0.15, 0.2) is 6.10 Å². The standard InChI is InChI=1S/C28H33N3O5/c1-6-25(27(32)29-18-13-19(34-4)15-20(14-18)35-5)36-28(33)26-21-9-7-8-10-23(21)30-24-11-12-31(17(2)3)16-22(24)26/h7-10,13-15,17,25H,6,11-12,16H2,1-5H3,(H,29,32). The van der Waals surface area contributed by atoms with Gasteiger partial charge in [-0.1, -0.05) is 25.1 Å². The first-order chi connectivity index (χ1) is 17.3. The lowest BCUT2D eigenvalue weighted by Crippen LogP contribution is -2.38. The number of carbonyl (C=O) groups is 2. The number of anilines is 1. The summed E-state index contributed by atoms with van der Waals surface area (Å²) in [5, 5.41) is 3.56. The molecule has 1 amide bonds. The molecule has 8 heteroatoms. The molecule has 0 radical (unpaired) electrons. The van der Waals surface area contributed by atoms with E-state index in [1.807, 2.05) is 31.2 Å². The molecule has 1 aliphatic heterocycles. The Kier molecular flexibility index (Phi) is 7.74. The van der Waals surface area contributed by atoms with E-state index in [0.717, 1.165) is 35.1 Å². The van der Waals surface area contributed by atoms with Crippen LogP contribution in [0.2, 0.25) is 0 Å². The van der Waals surface area contributed by atoms with Crippen LogP contribution < -0.4 is 14.8 Å². The first kappa shape index (κ1) is 25.4. The molecule has 1 N–H and O–H groups in total. The molecule has 0 spiro atoms. The molecule has 1 unspecified atom stereocenters. The molecular weight excluding hydrogens is 458 g/mol. The van der Waals surface area contributed by atoms with E-state index in [9.17, 15) is 9.59 Å². The number of para-hydroxylation sites is 1. The van der Waals surface area contributed by atoms with Gasteiger partial charge in [-0.25, -0.2) is 4.79 Å². The highest BCUT2D eigenvalue weighted by atomic mass is 16.5. The summed E-state index contributed by atoms with van der Waals surface area (Å²) < 4.78 is 16.4. The van der Waals surface area contributed by atoms with Gasteiger partial charge in [0.1, 0.15) is 11.5 Å². The van der Waals surface area contributed by atoms with Crippen LogP contribution in [0.1, 0.15) is 48.8 Å². The zero-order chi connectivity index (χ0) is 25.8. The maximum atomic E-state index is 13.6. The second kappa shape index (κ2) is 11.0. The van der Waals surface area contributed by atoms with Crippen LogP contribution in [0.3, 0.4) is 0 Å². The predicted molar refractivity (Wildman–Crippen MR) is 139 cm³/mol. The van der Waals surface area contributed by atoms with E-state index in [-0.39, 0.29) is 0 Å². The minimum atomic E-state index is -0.970. The third-order valence-corrected chi connectivity index (χ3v) is 6.54. The Labute approximate surface area is 211 Å². The Bertz CT molecular complexity index is 1250. The molecule has 3 aromatic rings. The summed E-state index contributed by atoms with van der Waals surface area (Å²) >= 11 is 0. The zero-order valence-electron chi connectivity index (χ0n) is 21.5.